The van der Waals surface area contributed by atoms with E-state index in [-0.39, 0.29) is 6.04 Å². The molecule has 4 nitrogen and oxygen atoms in total. The minimum atomic E-state index is 0.0856. The first kappa shape index (κ1) is 13.2. The molecule has 1 unspecified atom stereocenters. The molecule has 4 heteroatoms. The fraction of sp³-hybridized carbons (Fsp3) is 0.438. The molecular weight excluding hydrogens is 248 g/mol. The Morgan fingerprint density at radius 3 is 2.60 bits per heavy atom. The summed E-state index contributed by atoms with van der Waals surface area (Å²) in [5.41, 5.74) is 11.5. The van der Waals surface area contributed by atoms with E-state index in [2.05, 4.69) is 9.97 Å². The van der Waals surface area contributed by atoms with Gasteiger partial charge in [0.2, 0.25) is 0 Å². The third kappa shape index (κ3) is 2.56. The molecule has 0 spiro atoms. The Morgan fingerprint density at radius 1 is 1.10 bits per heavy atom. The largest absolute Gasteiger partial charge is 0.324 e. The van der Waals surface area contributed by atoms with Gasteiger partial charge in [-0.3, -0.25) is 4.98 Å². The predicted octanol–water partition coefficient (Wildman–Crippen LogP) is 2.88. The van der Waals surface area contributed by atoms with Gasteiger partial charge in [-0.15, -0.1) is 0 Å². The van der Waals surface area contributed by atoms with Crippen molar-refractivity contribution in [3.8, 4) is 11.4 Å². The van der Waals surface area contributed by atoms with Gasteiger partial charge in [0.1, 0.15) is 0 Å². The third-order valence-corrected chi connectivity index (χ3v) is 3.82. The topological polar surface area (TPSA) is 64.7 Å². The van der Waals surface area contributed by atoms with Crippen LogP contribution in [0.5, 0.6) is 0 Å². The Labute approximate surface area is 119 Å². The Hall–Kier alpha value is -1.81. The Morgan fingerprint density at radius 2 is 1.85 bits per heavy atom. The Bertz CT molecular complexity index is 616. The van der Waals surface area contributed by atoms with Crippen molar-refractivity contribution in [3.63, 3.8) is 0 Å². The van der Waals surface area contributed by atoms with Gasteiger partial charge in [0.15, 0.2) is 5.82 Å². The molecule has 2 aromatic heterocycles. The van der Waals surface area contributed by atoms with E-state index < -0.39 is 0 Å². The van der Waals surface area contributed by atoms with Gasteiger partial charge >= 0.3 is 0 Å². The highest BCUT2D eigenvalue weighted by molar-refractivity contribution is 5.56. The van der Waals surface area contributed by atoms with Crippen LogP contribution in [-0.2, 0) is 6.42 Å². The zero-order valence-corrected chi connectivity index (χ0v) is 12.1. The minimum Gasteiger partial charge on any atom is -0.324 e. The molecule has 2 aromatic rings. The molecule has 0 aromatic carbocycles. The lowest BCUT2D eigenvalue weighted by Crippen LogP contribution is -2.12. The van der Waals surface area contributed by atoms with Crippen LogP contribution in [0.2, 0.25) is 0 Å². The number of aromatic nitrogens is 3. The second kappa shape index (κ2) is 5.29. The van der Waals surface area contributed by atoms with Gasteiger partial charge in [0.25, 0.3) is 0 Å². The highest BCUT2D eigenvalue weighted by atomic mass is 14.9. The highest BCUT2D eigenvalue weighted by Gasteiger charge is 2.18. The third-order valence-electron chi connectivity index (χ3n) is 3.82. The standard InChI is InChI=1S/C16H20N4/c1-10-7-12(8-11(2)19-10)16-18-9-13-14(17)5-3-4-6-15(13)20-16/h7-9,14H,3-6,17H2,1-2H3. The lowest BCUT2D eigenvalue weighted by molar-refractivity contribution is 0.614. The van der Waals surface area contributed by atoms with Crippen molar-refractivity contribution in [2.24, 2.45) is 5.73 Å². The molecular formula is C16H20N4. The quantitative estimate of drug-likeness (QED) is 0.808. The van der Waals surface area contributed by atoms with E-state index in [4.69, 9.17) is 10.7 Å². The average molecular weight is 268 g/mol. The number of aryl methyl sites for hydroxylation is 3. The fourth-order valence-electron chi connectivity index (χ4n) is 2.85. The van der Waals surface area contributed by atoms with Crippen LogP contribution in [-0.4, -0.2) is 15.0 Å². The summed E-state index contributed by atoms with van der Waals surface area (Å²) in [7, 11) is 0. The number of hydrogen-bond acceptors (Lipinski definition) is 4. The Balaban J connectivity index is 2.05. The zero-order valence-electron chi connectivity index (χ0n) is 12.1. The van der Waals surface area contributed by atoms with Gasteiger partial charge in [0, 0.05) is 40.4 Å². The molecule has 0 radical (unpaired) electrons. The summed E-state index contributed by atoms with van der Waals surface area (Å²) in [5.74, 6) is 0.784. The molecule has 0 fully saturated rings. The second-order valence-electron chi connectivity index (χ2n) is 5.59. The van der Waals surface area contributed by atoms with Crippen LogP contribution < -0.4 is 5.73 Å². The fourth-order valence-corrected chi connectivity index (χ4v) is 2.85. The molecule has 1 aliphatic carbocycles. The summed E-state index contributed by atoms with van der Waals surface area (Å²) in [6, 6.07) is 4.15. The lowest BCUT2D eigenvalue weighted by atomic mass is 10.1. The number of fused-ring (bicyclic) bond motifs is 1. The van der Waals surface area contributed by atoms with Crippen molar-refractivity contribution < 1.29 is 0 Å². The SMILES string of the molecule is Cc1cc(-c2ncc3c(n2)CCCCC3N)cc(C)n1. The number of rotatable bonds is 1. The minimum absolute atomic E-state index is 0.0856. The maximum Gasteiger partial charge on any atom is 0.159 e. The van der Waals surface area contributed by atoms with Crippen LogP contribution in [0.4, 0.5) is 0 Å². The van der Waals surface area contributed by atoms with E-state index in [1.54, 1.807) is 0 Å². The molecule has 0 amide bonds. The molecule has 2 heterocycles. The van der Waals surface area contributed by atoms with Crippen LogP contribution in [0.15, 0.2) is 18.3 Å². The van der Waals surface area contributed by atoms with E-state index in [1.807, 2.05) is 32.2 Å². The molecule has 0 saturated heterocycles. The molecule has 0 aliphatic heterocycles. The molecule has 104 valence electrons. The first-order valence-corrected chi connectivity index (χ1v) is 7.20. The van der Waals surface area contributed by atoms with Gasteiger partial charge < -0.3 is 5.73 Å². The van der Waals surface area contributed by atoms with Crippen molar-refractivity contribution in [1.29, 1.82) is 0 Å². The summed E-state index contributed by atoms with van der Waals surface area (Å²) < 4.78 is 0. The van der Waals surface area contributed by atoms with Gasteiger partial charge in [0.05, 0.1) is 0 Å². The van der Waals surface area contributed by atoms with E-state index in [0.717, 1.165) is 53.3 Å². The van der Waals surface area contributed by atoms with E-state index in [0.29, 0.717) is 0 Å². The summed E-state index contributed by atoms with van der Waals surface area (Å²) in [6.07, 6.45) is 6.27. The smallest absolute Gasteiger partial charge is 0.159 e. The van der Waals surface area contributed by atoms with Gasteiger partial charge in [-0.25, -0.2) is 9.97 Å². The van der Waals surface area contributed by atoms with E-state index in [9.17, 15) is 0 Å². The normalized spacial score (nSPS) is 18.4. The summed E-state index contributed by atoms with van der Waals surface area (Å²) >= 11 is 0. The number of nitrogens with two attached hydrogens (primary N) is 1. The highest BCUT2D eigenvalue weighted by Crippen LogP contribution is 2.27. The summed E-state index contributed by atoms with van der Waals surface area (Å²) in [4.78, 5) is 13.7. The monoisotopic (exact) mass is 268 g/mol. The molecule has 20 heavy (non-hydrogen) atoms. The van der Waals surface area contributed by atoms with Crippen molar-refractivity contribution in [2.75, 3.05) is 0 Å². The molecule has 1 atom stereocenters. The molecule has 0 saturated carbocycles. The molecule has 0 bridgehead atoms. The van der Waals surface area contributed by atoms with Gasteiger partial charge in [-0.2, -0.15) is 0 Å². The summed E-state index contributed by atoms with van der Waals surface area (Å²) in [6.45, 7) is 3.99. The zero-order chi connectivity index (χ0) is 14.1. The first-order valence-electron chi connectivity index (χ1n) is 7.20. The van der Waals surface area contributed by atoms with Crippen molar-refractivity contribution in [1.82, 2.24) is 15.0 Å². The van der Waals surface area contributed by atoms with Crippen molar-refractivity contribution in [3.05, 3.63) is 41.0 Å². The van der Waals surface area contributed by atoms with Gasteiger partial charge in [-0.1, -0.05) is 6.42 Å². The van der Waals surface area contributed by atoms with Crippen molar-refractivity contribution in [2.45, 2.75) is 45.6 Å². The van der Waals surface area contributed by atoms with E-state index in [1.165, 1.54) is 6.42 Å². The number of nitrogens with zero attached hydrogens (tertiary/aromatic N) is 3. The number of pyridine rings is 1. The van der Waals surface area contributed by atoms with Crippen LogP contribution in [0, 0.1) is 13.8 Å². The molecule has 2 N–H and O–H groups in total. The Kier molecular flexibility index (Phi) is 3.49. The number of hydrogen-bond donors (Lipinski definition) is 1. The molecule has 1 aliphatic rings. The first-order chi connectivity index (χ1) is 9.63. The lowest BCUT2D eigenvalue weighted by Gasteiger charge is -2.12. The second-order valence-corrected chi connectivity index (χ2v) is 5.59. The predicted molar refractivity (Wildman–Crippen MR) is 79.2 cm³/mol. The average Bonchev–Trinajstić information content (AvgIpc) is 2.59. The van der Waals surface area contributed by atoms with Crippen LogP contribution >= 0.6 is 0 Å². The maximum absolute atomic E-state index is 6.19. The van der Waals surface area contributed by atoms with Crippen LogP contribution in [0.3, 0.4) is 0 Å². The van der Waals surface area contributed by atoms with E-state index >= 15 is 0 Å². The summed E-state index contributed by atoms with van der Waals surface area (Å²) in [5, 5.41) is 0. The van der Waals surface area contributed by atoms with Crippen LogP contribution in [0.1, 0.15) is 47.9 Å². The van der Waals surface area contributed by atoms with Gasteiger partial charge in [-0.05, 0) is 45.2 Å². The van der Waals surface area contributed by atoms with Crippen LogP contribution in [0.25, 0.3) is 11.4 Å². The molecule has 3 rings (SSSR count). The maximum atomic E-state index is 6.19. The van der Waals surface area contributed by atoms with Crippen molar-refractivity contribution >= 4 is 0 Å².